The first-order valence-electron chi connectivity index (χ1n) is 4.92. The lowest BCUT2D eigenvalue weighted by Gasteiger charge is -2.39. The molecule has 0 aromatic carbocycles. The molecule has 1 unspecified atom stereocenters. The summed E-state index contributed by atoms with van der Waals surface area (Å²) in [4.78, 5) is 10.8. The molecule has 0 aromatic heterocycles. The van der Waals surface area contributed by atoms with Crippen molar-refractivity contribution in [2.24, 2.45) is 0 Å². The van der Waals surface area contributed by atoms with E-state index in [-0.39, 0.29) is 10.5 Å². The summed E-state index contributed by atoms with van der Waals surface area (Å²) in [5.74, 6) is -0.386. The first kappa shape index (κ1) is 13.8. The largest absolute Gasteiger partial charge is 0.423 e. The molecule has 6 heteroatoms. The standard InChI is InChI=1S/C10H16F3O2S/c1-8(2,3)16(4)15-9(10(11,12)13)5-7(14)6-9/h5-6H2,1-4H3/q+1. The highest BCUT2D eigenvalue weighted by atomic mass is 32.2. The van der Waals surface area contributed by atoms with E-state index in [0.29, 0.717) is 0 Å². The molecule has 0 bridgehead atoms. The number of carbonyl (C=O) groups is 1. The minimum absolute atomic E-state index is 0.350. The molecule has 16 heavy (non-hydrogen) atoms. The van der Waals surface area contributed by atoms with Gasteiger partial charge in [0.05, 0.1) is 12.8 Å². The third-order valence-electron chi connectivity index (χ3n) is 2.63. The number of rotatable bonds is 2. The average molecular weight is 257 g/mol. The van der Waals surface area contributed by atoms with Gasteiger partial charge in [-0.15, -0.1) is 0 Å². The number of hydrogen-bond acceptors (Lipinski definition) is 2. The number of halogens is 3. The van der Waals surface area contributed by atoms with Crippen molar-refractivity contribution in [3.63, 3.8) is 0 Å². The quantitative estimate of drug-likeness (QED) is 0.711. The van der Waals surface area contributed by atoms with Gasteiger partial charge in [0.15, 0.2) is 15.9 Å². The summed E-state index contributed by atoms with van der Waals surface area (Å²) in [6.07, 6.45) is -3.91. The molecule has 2 nitrogen and oxygen atoms in total. The summed E-state index contributed by atoms with van der Waals surface area (Å²) in [5, 5.41) is 0. The van der Waals surface area contributed by atoms with Gasteiger partial charge in [0.1, 0.15) is 12.0 Å². The van der Waals surface area contributed by atoms with E-state index in [1.54, 1.807) is 6.26 Å². The molecule has 1 aliphatic rings. The molecule has 1 aliphatic carbocycles. The molecule has 0 spiro atoms. The van der Waals surface area contributed by atoms with E-state index >= 15 is 0 Å². The lowest BCUT2D eigenvalue weighted by molar-refractivity contribution is -0.262. The van der Waals surface area contributed by atoms with Crippen LogP contribution in [0.3, 0.4) is 0 Å². The van der Waals surface area contributed by atoms with Gasteiger partial charge in [-0.25, -0.2) is 0 Å². The predicted octanol–water partition coefficient (Wildman–Crippen LogP) is 2.63. The van der Waals surface area contributed by atoms with Gasteiger partial charge in [-0.3, -0.25) is 4.79 Å². The van der Waals surface area contributed by atoms with Crippen molar-refractivity contribution in [2.75, 3.05) is 6.26 Å². The zero-order valence-electron chi connectivity index (χ0n) is 9.77. The molecule has 0 saturated heterocycles. The van der Waals surface area contributed by atoms with Crippen molar-refractivity contribution in [3.05, 3.63) is 0 Å². The molecule has 1 atom stereocenters. The fraction of sp³-hybridized carbons (Fsp3) is 0.900. The fourth-order valence-corrected chi connectivity index (χ4v) is 2.20. The van der Waals surface area contributed by atoms with Crippen LogP contribution in [0.15, 0.2) is 0 Å². The molecule has 0 aliphatic heterocycles. The monoisotopic (exact) mass is 257 g/mol. The second kappa shape index (κ2) is 3.91. The summed E-state index contributed by atoms with van der Waals surface area (Å²) >= 11 is -0.839. The minimum Gasteiger partial charge on any atom is -0.299 e. The first-order valence-corrected chi connectivity index (χ1v) is 6.48. The van der Waals surface area contributed by atoms with Crippen molar-refractivity contribution in [3.8, 4) is 0 Å². The zero-order valence-corrected chi connectivity index (χ0v) is 10.6. The summed E-state index contributed by atoms with van der Waals surface area (Å²) in [5.41, 5.74) is -2.23. The van der Waals surface area contributed by atoms with E-state index < -0.39 is 35.8 Å². The molecule has 1 rings (SSSR count). The Hall–Kier alpha value is -0.230. The summed E-state index contributed by atoms with van der Waals surface area (Å²) in [7, 11) is 0. The smallest absolute Gasteiger partial charge is 0.299 e. The number of alkyl halides is 3. The van der Waals surface area contributed by atoms with E-state index in [9.17, 15) is 18.0 Å². The molecular weight excluding hydrogens is 241 g/mol. The number of hydrogen-bond donors (Lipinski definition) is 0. The van der Waals surface area contributed by atoms with Gasteiger partial charge < -0.3 is 0 Å². The van der Waals surface area contributed by atoms with E-state index in [2.05, 4.69) is 0 Å². The average Bonchev–Trinajstić information content (AvgIpc) is 1.96. The van der Waals surface area contributed by atoms with Gasteiger partial charge in [0, 0.05) is 0 Å². The number of Topliss-reactive ketones (excluding diaryl/α,β-unsaturated/α-hetero) is 1. The van der Waals surface area contributed by atoms with Gasteiger partial charge in [-0.05, 0) is 20.8 Å². The summed E-state index contributed by atoms with van der Waals surface area (Å²) < 4.78 is 43.2. The van der Waals surface area contributed by atoms with Crippen molar-refractivity contribution in [1.29, 1.82) is 0 Å². The number of ketones is 1. The van der Waals surface area contributed by atoms with Crippen LogP contribution >= 0.6 is 0 Å². The minimum atomic E-state index is -4.46. The highest BCUT2D eigenvalue weighted by molar-refractivity contribution is 7.93. The second-order valence-electron chi connectivity index (χ2n) is 5.03. The van der Waals surface area contributed by atoms with Crippen LogP contribution in [0.2, 0.25) is 0 Å². The lowest BCUT2D eigenvalue weighted by Crippen LogP contribution is -2.59. The highest BCUT2D eigenvalue weighted by Gasteiger charge is 2.68. The Labute approximate surface area is 96.1 Å². The highest BCUT2D eigenvalue weighted by Crippen LogP contribution is 2.48. The van der Waals surface area contributed by atoms with Crippen LogP contribution < -0.4 is 0 Å². The molecule has 1 saturated carbocycles. The SMILES string of the molecule is C[S+](OC1(C(F)(F)F)CC(=O)C1)C(C)(C)C. The second-order valence-corrected chi connectivity index (χ2v) is 7.33. The lowest BCUT2D eigenvalue weighted by atomic mass is 9.78. The van der Waals surface area contributed by atoms with Crippen molar-refractivity contribution in [2.45, 2.75) is 50.1 Å². The van der Waals surface area contributed by atoms with Crippen molar-refractivity contribution >= 4 is 17.0 Å². The maximum absolute atomic E-state index is 12.8. The van der Waals surface area contributed by atoms with Crippen LogP contribution in [-0.2, 0) is 20.2 Å². The maximum atomic E-state index is 12.8. The van der Waals surface area contributed by atoms with Gasteiger partial charge >= 0.3 is 6.18 Å². The Morgan fingerprint density at radius 1 is 1.25 bits per heavy atom. The van der Waals surface area contributed by atoms with E-state index in [4.69, 9.17) is 4.18 Å². The van der Waals surface area contributed by atoms with E-state index in [1.807, 2.05) is 20.8 Å². The van der Waals surface area contributed by atoms with Gasteiger partial charge in [-0.2, -0.15) is 17.4 Å². The molecule has 0 radical (unpaired) electrons. The van der Waals surface area contributed by atoms with Crippen LogP contribution in [0.25, 0.3) is 0 Å². The zero-order chi connectivity index (χ0) is 12.8. The first-order chi connectivity index (χ1) is 6.98. The van der Waals surface area contributed by atoms with Crippen molar-refractivity contribution < 1.29 is 22.1 Å². The Bertz CT molecular complexity index is 285. The molecule has 0 amide bonds. The van der Waals surface area contributed by atoms with Gasteiger partial charge in [-0.1, -0.05) is 0 Å². The Balaban J connectivity index is 2.79. The number of carbonyl (C=O) groups excluding carboxylic acids is 1. The van der Waals surface area contributed by atoms with Crippen LogP contribution in [-0.4, -0.2) is 28.6 Å². The normalized spacial score (nSPS) is 22.8. The predicted molar refractivity (Wildman–Crippen MR) is 57.2 cm³/mol. The Morgan fingerprint density at radius 3 is 1.94 bits per heavy atom. The summed E-state index contributed by atoms with van der Waals surface area (Å²) in [6.45, 7) is 5.46. The Morgan fingerprint density at radius 2 is 1.69 bits per heavy atom. The van der Waals surface area contributed by atoms with Crippen molar-refractivity contribution in [1.82, 2.24) is 0 Å². The molecule has 0 heterocycles. The van der Waals surface area contributed by atoms with Crippen LogP contribution in [0.5, 0.6) is 0 Å². The van der Waals surface area contributed by atoms with Gasteiger partial charge in [0.2, 0.25) is 5.60 Å². The molecule has 1 fully saturated rings. The van der Waals surface area contributed by atoms with Crippen LogP contribution in [0.1, 0.15) is 33.6 Å². The fourth-order valence-electron chi connectivity index (χ4n) is 1.26. The van der Waals surface area contributed by atoms with E-state index in [1.165, 1.54) is 0 Å². The molecule has 94 valence electrons. The topological polar surface area (TPSA) is 26.3 Å². The molecular formula is C10H16F3O2S+. The summed E-state index contributed by atoms with van der Waals surface area (Å²) in [6, 6.07) is 0. The van der Waals surface area contributed by atoms with Crippen LogP contribution in [0, 0.1) is 0 Å². The molecule has 0 aromatic rings. The maximum Gasteiger partial charge on any atom is 0.423 e. The third kappa shape index (κ3) is 2.53. The van der Waals surface area contributed by atoms with E-state index in [0.717, 1.165) is 0 Å². The molecule has 0 N–H and O–H groups in total. The Kier molecular flexibility index (Phi) is 3.38. The third-order valence-corrected chi connectivity index (χ3v) is 4.92. The van der Waals surface area contributed by atoms with Crippen LogP contribution in [0.4, 0.5) is 13.2 Å². The van der Waals surface area contributed by atoms with Gasteiger partial charge in [0.25, 0.3) is 0 Å².